The zero-order chi connectivity index (χ0) is 8.27. The van der Waals surface area contributed by atoms with E-state index in [1.807, 2.05) is 0 Å². The zero-order valence-corrected chi connectivity index (χ0v) is 7.67. The van der Waals surface area contributed by atoms with Gasteiger partial charge < -0.3 is 9.47 Å². The van der Waals surface area contributed by atoms with Crippen molar-refractivity contribution in [3.05, 3.63) is 0 Å². The average molecular weight is 158 g/mol. The molecule has 0 saturated heterocycles. The molecule has 0 radical (unpaired) electrons. The fourth-order valence-electron chi connectivity index (χ4n) is 1.86. The summed E-state index contributed by atoms with van der Waals surface area (Å²) < 4.78 is 10.6. The summed E-state index contributed by atoms with van der Waals surface area (Å²) in [5, 5.41) is 0. The normalized spacial score (nSPS) is 39.0. The number of methoxy groups -OCH3 is 2. The van der Waals surface area contributed by atoms with Crippen molar-refractivity contribution in [1.82, 2.24) is 0 Å². The Morgan fingerprint density at radius 1 is 0.909 bits per heavy atom. The Kier molecular flexibility index (Phi) is 3.34. The third kappa shape index (κ3) is 2.46. The van der Waals surface area contributed by atoms with Gasteiger partial charge in [0.25, 0.3) is 0 Å². The predicted molar refractivity (Wildman–Crippen MR) is 44.6 cm³/mol. The molecule has 0 aromatic heterocycles. The highest BCUT2D eigenvalue weighted by Gasteiger charge is 2.25. The molecular weight excluding hydrogens is 140 g/mol. The molecule has 0 unspecified atom stereocenters. The van der Waals surface area contributed by atoms with Crippen LogP contribution in [0.1, 0.15) is 26.2 Å². The van der Waals surface area contributed by atoms with Gasteiger partial charge >= 0.3 is 0 Å². The Hall–Kier alpha value is -0.0800. The maximum Gasteiger partial charge on any atom is 0.0598 e. The van der Waals surface area contributed by atoms with E-state index in [0.717, 1.165) is 12.3 Å². The molecule has 2 atom stereocenters. The van der Waals surface area contributed by atoms with Gasteiger partial charge in [-0.15, -0.1) is 0 Å². The fraction of sp³-hybridized carbons (Fsp3) is 1.00. The molecule has 0 amide bonds. The fourth-order valence-corrected chi connectivity index (χ4v) is 1.86. The van der Waals surface area contributed by atoms with E-state index in [0.29, 0.717) is 12.2 Å². The molecule has 2 heteroatoms. The molecule has 0 N–H and O–H groups in total. The number of hydrogen-bond donors (Lipinski definition) is 0. The molecular formula is C9H18O2. The Morgan fingerprint density at radius 2 is 1.36 bits per heavy atom. The van der Waals surface area contributed by atoms with E-state index in [1.54, 1.807) is 14.2 Å². The SMILES string of the molecule is CO[C@@H]1CC(C)C[C@@H](OC)C1. The van der Waals surface area contributed by atoms with Crippen LogP contribution in [-0.4, -0.2) is 26.4 Å². The van der Waals surface area contributed by atoms with Crippen molar-refractivity contribution in [2.75, 3.05) is 14.2 Å². The monoisotopic (exact) mass is 158 g/mol. The Labute approximate surface area is 68.9 Å². The van der Waals surface area contributed by atoms with Gasteiger partial charge in [0, 0.05) is 14.2 Å². The molecule has 1 aliphatic rings. The summed E-state index contributed by atoms with van der Waals surface area (Å²) in [5.41, 5.74) is 0. The van der Waals surface area contributed by atoms with Gasteiger partial charge in [0.2, 0.25) is 0 Å². The molecule has 0 aliphatic heterocycles. The maximum atomic E-state index is 5.31. The van der Waals surface area contributed by atoms with Crippen molar-refractivity contribution in [1.29, 1.82) is 0 Å². The highest BCUT2D eigenvalue weighted by molar-refractivity contribution is 4.77. The van der Waals surface area contributed by atoms with E-state index in [9.17, 15) is 0 Å². The van der Waals surface area contributed by atoms with Gasteiger partial charge in [-0.1, -0.05) is 6.92 Å². The third-order valence-corrected chi connectivity index (χ3v) is 2.52. The molecule has 66 valence electrons. The molecule has 1 saturated carbocycles. The van der Waals surface area contributed by atoms with Crippen LogP contribution in [-0.2, 0) is 9.47 Å². The molecule has 1 fully saturated rings. The van der Waals surface area contributed by atoms with Gasteiger partial charge in [0.15, 0.2) is 0 Å². The number of hydrogen-bond acceptors (Lipinski definition) is 2. The summed E-state index contributed by atoms with van der Waals surface area (Å²) in [5.74, 6) is 0.749. The zero-order valence-electron chi connectivity index (χ0n) is 7.67. The lowest BCUT2D eigenvalue weighted by Gasteiger charge is -2.31. The van der Waals surface area contributed by atoms with Crippen LogP contribution in [0.15, 0.2) is 0 Å². The lowest BCUT2D eigenvalue weighted by molar-refractivity contribution is -0.0264. The van der Waals surface area contributed by atoms with Crippen LogP contribution < -0.4 is 0 Å². The summed E-state index contributed by atoms with van der Waals surface area (Å²) in [6.45, 7) is 2.26. The third-order valence-electron chi connectivity index (χ3n) is 2.52. The average Bonchev–Trinajstić information content (AvgIpc) is 2.03. The first-order chi connectivity index (χ1) is 5.26. The molecule has 0 heterocycles. The molecule has 11 heavy (non-hydrogen) atoms. The molecule has 0 bridgehead atoms. The van der Waals surface area contributed by atoms with Gasteiger partial charge in [0.05, 0.1) is 12.2 Å². The Bertz CT molecular complexity index is 102. The van der Waals surface area contributed by atoms with Crippen LogP contribution in [0.4, 0.5) is 0 Å². The van der Waals surface area contributed by atoms with E-state index in [1.165, 1.54) is 12.8 Å². The lowest BCUT2D eigenvalue weighted by Crippen LogP contribution is -2.30. The Balaban J connectivity index is 2.37. The predicted octanol–water partition coefficient (Wildman–Crippen LogP) is 1.84. The summed E-state index contributed by atoms with van der Waals surface area (Å²) in [4.78, 5) is 0. The largest absolute Gasteiger partial charge is 0.381 e. The van der Waals surface area contributed by atoms with Gasteiger partial charge in [-0.25, -0.2) is 0 Å². The van der Waals surface area contributed by atoms with Crippen LogP contribution in [0.5, 0.6) is 0 Å². The van der Waals surface area contributed by atoms with E-state index >= 15 is 0 Å². The van der Waals surface area contributed by atoms with Gasteiger partial charge in [-0.3, -0.25) is 0 Å². The van der Waals surface area contributed by atoms with Crippen LogP contribution >= 0.6 is 0 Å². The lowest BCUT2D eigenvalue weighted by atomic mass is 9.86. The van der Waals surface area contributed by atoms with Crippen molar-refractivity contribution in [2.24, 2.45) is 5.92 Å². The van der Waals surface area contributed by atoms with Crippen molar-refractivity contribution < 1.29 is 9.47 Å². The first kappa shape index (κ1) is 9.01. The van der Waals surface area contributed by atoms with Gasteiger partial charge in [-0.05, 0) is 25.2 Å². The first-order valence-electron chi connectivity index (χ1n) is 4.31. The Morgan fingerprint density at radius 3 is 1.73 bits per heavy atom. The van der Waals surface area contributed by atoms with E-state index < -0.39 is 0 Å². The van der Waals surface area contributed by atoms with E-state index in [4.69, 9.17) is 9.47 Å². The number of rotatable bonds is 2. The standard InChI is InChI=1S/C9H18O2/c1-7-4-8(10-2)6-9(5-7)11-3/h7-9H,4-6H2,1-3H3/t8-,9-/m1/s1. The summed E-state index contributed by atoms with van der Waals surface area (Å²) in [6, 6.07) is 0. The van der Waals surface area contributed by atoms with Crippen LogP contribution in [0.2, 0.25) is 0 Å². The van der Waals surface area contributed by atoms with Crippen LogP contribution in [0.3, 0.4) is 0 Å². The molecule has 1 aliphatic carbocycles. The van der Waals surface area contributed by atoms with E-state index in [2.05, 4.69) is 6.92 Å². The van der Waals surface area contributed by atoms with E-state index in [-0.39, 0.29) is 0 Å². The number of ether oxygens (including phenoxy) is 2. The van der Waals surface area contributed by atoms with Crippen molar-refractivity contribution in [3.63, 3.8) is 0 Å². The molecule has 0 aromatic rings. The van der Waals surface area contributed by atoms with Crippen molar-refractivity contribution in [3.8, 4) is 0 Å². The van der Waals surface area contributed by atoms with Crippen molar-refractivity contribution >= 4 is 0 Å². The summed E-state index contributed by atoms with van der Waals surface area (Å²) >= 11 is 0. The highest BCUT2D eigenvalue weighted by atomic mass is 16.5. The van der Waals surface area contributed by atoms with Gasteiger partial charge in [0.1, 0.15) is 0 Å². The van der Waals surface area contributed by atoms with Crippen LogP contribution in [0.25, 0.3) is 0 Å². The second-order valence-electron chi connectivity index (χ2n) is 3.53. The highest BCUT2D eigenvalue weighted by Crippen LogP contribution is 2.27. The molecule has 0 aromatic carbocycles. The van der Waals surface area contributed by atoms with Crippen LogP contribution in [0, 0.1) is 5.92 Å². The first-order valence-corrected chi connectivity index (χ1v) is 4.31. The molecule has 2 nitrogen and oxygen atoms in total. The summed E-state index contributed by atoms with van der Waals surface area (Å²) in [7, 11) is 3.57. The maximum absolute atomic E-state index is 5.31. The topological polar surface area (TPSA) is 18.5 Å². The molecule has 1 rings (SSSR count). The smallest absolute Gasteiger partial charge is 0.0598 e. The quantitative estimate of drug-likeness (QED) is 0.610. The summed E-state index contributed by atoms with van der Waals surface area (Å²) in [6.07, 6.45) is 4.29. The van der Waals surface area contributed by atoms with Gasteiger partial charge in [-0.2, -0.15) is 0 Å². The minimum absolute atomic E-state index is 0.420. The molecule has 0 spiro atoms. The van der Waals surface area contributed by atoms with Crippen molar-refractivity contribution in [2.45, 2.75) is 38.4 Å². The second-order valence-corrected chi connectivity index (χ2v) is 3.53. The minimum Gasteiger partial charge on any atom is -0.381 e. The minimum atomic E-state index is 0.420. The second kappa shape index (κ2) is 4.07.